The van der Waals surface area contributed by atoms with Gasteiger partial charge in [0.15, 0.2) is 0 Å². The van der Waals surface area contributed by atoms with Crippen molar-refractivity contribution in [2.45, 2.75) is 53.9 Å². The minimum atomic E-state index is -0.0989. The fourth-order valence-electron chi connectivity index (χ4n) is 4.61. The van der Waals surface area contributed by atoms with Gasteiger partial charge in [-0.3, -0.25) is 9.59 Å². The van der Waals surface area contributed by atoms with Crippen molar-refractivity contribution in [2.24, 2.45) is 11.3 Å². The number of hydrogen-bond acceptors (Lipinski definition) is 3. The number of amides is 2. The molecule has 1 heterocycles. The van der Waals surface area contributed by atoms with Crippen LogP contribution in [0.5, 0.6) is 0 Å². The highest BCUT2D eigenvalue weighted by molar-refractivity contribution is 6.04. The standard InChI is InChI=1S/C28H39N3O2/c1-6-22-7-9-23(10-8-22)27(33)29-24-11-13-25(14-12-24)30-15-17-31(18-16-30)26(32)19-21(2)20-28(3,4)5/h7-14,21H,6,15-20H2,1-5H3,(H,29,33). The molecule has 0 saturated carbocycles. The van der Waals surface area contributed by atoms with Crippen LogP contribution in [0.15, 0.2) is 48.5 Å². The van der Waals surface area contributed by atoms with Crippen LogP contribution in [0.25, 0.3) is 0 Å². The molecular weight excluding hydrogens is 410 g/mol. The highest BCUT2D eigenvalue weighted by Gasteiger charge is 2.24. The summed E-state index contributed by atoms with van der Waals surface area (Å²) in [5.74, 6) is 0.581. The van der Waals surface area contributed by atoms with E-state index in [1.807, 2.05) is 53.4 Å². The van der Waals surface area contributed by atoms with Gasteiger partial charge in [0.25, 0.3) is 5.91 Å². The minimum Gasteiger partial charge on any atom is -0.368 e. The highest BCUT2D eigenvalue weighted by Crippen LogP contribution is 2.27. The van der Waals surface area contributed by atoms with Crippen LogP contribution in [0.4, 0.5) is 11.4 Å². The molecule has 1 aliphatic heterocycles. The molecule has 1 saturated heterocycles. The Morgan fingerprint density at radius 2 is 1.55 bits per heavy atom. The summed E-state index contributed by atoms with van der Waals surface area (Å²) in [5.41, 5.74) is 4.04. The maximum atomic E-state index is 12.7. The van der Waals surface area contributed by atoms with Crippen LogP contribution in [0.3, 0.4) is 0 Å². The minimum absolute atomic E-state index is 0.0989. The lowest BCUT2D eigenvalue weighted by atomic mass is 9.84. The second kappa shape index (κ2) is 10.9. The molecule has 1 N–H and O–H groups in total. The number of carbonyl (C=O) groups is 2. The smallest absolute Gasteiger partial charge is 0.255 e. The number of nitrogens with zero attached hydrogens (tertiary/aromatic N) is 2. The number of carbonyl (C=O) groups excluding carboxylic acids is 2. The zero-order valence-electron chi connectivity index (χ0n) is 20.9. The lowest BCUT2D eigenvalue weighted by molar-refractivity contribution is -0.132. The van der Waals surface area contributed by atoms with Crippen molar-refractivity contribution in [3.05, 3.63) is 59.7 Å². The second-order valence-electron chi connectivity index (χ2n) is 10.5. The Labute approximate surface area is 199 Å². The van der Waals surface area contributed by atoms with Gasteiger partial charge in [-0.2, -0.15) is 0 Å². The SMILES string of the molecule is CCc1ccc(C(=O)Nc2ccc(N3CCN(C(=O)CC(C)CC(C)(C)C)CC3)cc2)cc1. The van der Waals surface area contributed by atoms with Gasteiger partial charge in [-0.25, -0.2) is 0 Å². The normalized spacial score (nSPS) is 15.3. The third-order valence-electron chi connectivity index (χ3n) is 6.23. The number of benzene rings is 2. The lowest BCUT2D eigenvalue weighted by Gasteiger charge is -2.37. The van der Waals surface area contributed by atoms with E-state index < -0.39 is 0 Å². The van der Waals surface area contributed by atoms with Gasteiger partial charge in [-0.1, -0.05) is 46.8 Å². The monoisotopic (exact) mass is 449 g/mol. The first-order chi connectivity index (χ1) is 15.6. The molecule has 2 aromatic rings. The van der Waals surface area contributed by atoms with E-state index in [-0.39, 0.29) is 17.2 Å². The van der Waals surface area contributed by atoms with Crippen LogP contribution in [0.1, 0.15) is 63.4 Å². The number of rotatable bonds is 7. The Kier molecular flexibility index (Phi) is 8.17. The summed E-state index contributed by atoms with van der Waals surface area (Å²) in [5, 5.41) is 2.97. The first-order valence-corrected chi connectivity index (χ1v) is 12.2. The van der Waals surface area contributed by atoms with Crippen LogP contribution in [-0.2, 0) is 11.2 Å². The molecule has 3 rings (SSSR count). The van der Waals surface area contributed by atoms with Crippen molar-refractivity contribution >= 4 is 23.2 Å². The molecule has 33 heavy (non-hydrogen) atoms. The second-order valence-corrected chi connectivity index (χ2v) is 10.5. The summed E-state index contributed by atoms with van der Waals surface area (Å²) in [6.07, 6.45) is 2.65. The highest BCUT2D eigenvalue weighted by atomic mass is 16.2. The topological polar surface area (TPSA) is 52.7 Å². The molecule has 0 radical (unpaired) electrons. The fourth-order valence-corrected chi connectivity index (χ4v) is 4.61. The molecule has 1 unspecified atom stereocenters. The van der Waals surface area contributed by atoms with Crippen LogP contribution in [-0.4, -0.2) is 42.9 Å². The summed E-state index contributed by atoms with van der Waals surface area (Å²) < 4.78 is 0. The van der Waals surface area contributed by atoms with Crippen molar-refractivity contribution in [2.75, 3.05) is 36.4 Å². The molecule has 5 nitrogen and oxygen atoms in total. The molecule has 0 aliphatic carbocycles. The Balaban J connectivity index is 1.48. The number of aryl methyl sites for hydroxylation is 1. The van der Waals surface area contributed by atoms with Crippen molar-refractivity contribution < 1.29 is 9.59 Å². The van der Waals surface area contributed by atoms with E-state index in [1.165, 1.54) is 5.56 Å². The van der Waals surface area contributed by atoms with E-state index in [9.17, 15) is 9.59 Å². The molecule has 178 valence electrons. The van der Waals surface area contributed by atoms with Gasteiger partial charge in [0, 0.05) is 49.5 Å². The molecule has 1 fully saturated rings. The average molecular weight is 450 g/mol. The summed E-state index contributed by atoms with van der Waals surface area (Å²) in [6.45, 7) is 14.1. The van der Waals surface area contributed by atoms with Crippen LogP contribution in [0.2, 0.25) is 0 Å². The van der Waals surface area contributed by atoms with E-state index in [0.717, 1.165) is 50.4 Å². The van der Waals surface area contributed by atoms with Gasteiger partial charge in [0.05, 0.1) is 0 Å². The average Bonchev–Trinajstić information content (AvgIpc) is 2.78. The zero-order chi connectivity index (χ0) is 24.0. The van der Waals surface area contributed by atoms with Gasteiger partial charge in [0.1, 0.15) is 0 Å². The summed E-state index contributed by atoms with van der Waals surface area (Å²) >= 11 is 0. The summed E-state index contributed by atoms with van der Waals surface area (Å²) in [4.78, 5) is 29.5. The van der Waals surface area contributed by atoms with Gasteiger partial charge in [-0.05, 0) is 66.1 Å². The van der Waals surface area contributed by atoms with E-state index in [2.05, 4.69) is 44.8 Å². The molecule has 1 aliphatic rings. The van der Waals surface area contributed by atoms with Crippen LogP contribution < -0.4 is 10.2 Å². The third-order valence-corrected chi connectivity index (χ3v) is 6.23. The number of anilines is 2. The van der Waals surface area contributed by atoms with Gasteiger partial charge in [-0.15, -0.1) is 0 Å². The Morgan fingerprint density at radius 1 is 0.939 bits per heavy atom. The van der Waals surface area contributed by atoms with Gasteiger partial charge in [0.2, 0.25) is 5.91 Å². The Morgan fingerprint density at radius 3 is 2.09 bits per heavy atom. The quantitative estimate of drug-likeness (QED) is 0.597. The maximum absolute atomic E-state index is 12.7. The van der Waals surface area contributed by atoms with E-state index in [0.29, 0.717) is 17.9 Å². The summed E-state index contributed by atoms with van der Waals surface area (Å²) in [7, 11) is 0. The van der Waals surface area contributed by atoms with Crippen molar-refractivity contribution in [3.8, 4) is 0 Å². The lowest BCUT2D eigenvalue weighted by Crippen LogP contribution is -2.49. The van der Waals surface area contributed by atoms with Gasteiger partial charge >= 0.3 is 0 Å². The molecule has 0 bridgehead atoms. The van der Waals surface area contributed by atoms with Crippen LogP contribution >= 0.6 is 0 Å². The van der Waals surface area contributed by atoms with E-state index in [4.69, 9.17) is 0 Å². The predicted molar refractivity (Wildman–Crippen MR) is 137 cm³/mol. The summed E-state index contributed by atoms with van der Waals surface area (Å²) in [6, 6.07) is 15.7. The number of piperazine rings is 1. The first-order valence-electron chi connectivity index (χ1n) is 12.2. The first kappa shape index (κ1) is 24.8. The van der Waals surface area contributed by atoms with Gasteiger partial charge < -0.3 is 15.1 Å². The number of nitrogens with one attached hydrogen (secondary N) is 1. The van der Waals surface area contributed by atoms with Crippen molar-refractivity contribution in [3.63, 3.8) is 0 Å². The third kappa shape index (κ3) is 7.34. The Hall–Kier alpha value is -2.82. The number of hydrogen-bond donors (Lipinski definition) is 1. The molecule has 2 aromatic carbocycles. The molecule has 1 atom stereocenters. The largest absolute Gasteiger partial charge is 0.368 e. The predicted octanol–water partition coefficient (Wildman–Crippen LogP) is 5.61. The van der Waals surface area contributed by atoms with E-state index >= 15 is 0 Å². The van der Waals surface area contributed by atoms with Crippen molar-refractivity contribution in [1.82, 2.24) is 4.90 Å². The molecule has 5 heteroatoms. The van der Waals surface area contributed by atoms with E-state index in [1.54, 1.807) is 0 Å². The fraction of sp³-hybridized carbons (Fsp3) is 0.500. The maximum Gasteiger partial charge on any atom is 0.255 e. The van der Waals surface area contributed by atoms with Crippen LogP contribution in [0, 0.1) is 11.3 Å². The Bertz CT molecular complexity index is 921. The molecule has 0 aromatic heterocycles. The zero-order valence-corrected chi connectivity index (χ0v) is 20.9. The van der Waals surface area contributed by atoms with Crippen molar-refractivity contribution in [1.29, 1.82) is 0 Å². The molecule has 0 spiro atoms. The molecular formula is C28H39N3O2. The molecule has 2 amide bonds.